The van der Waals surface area contributed by atoms with Gasteiger partial charge in [0.15, 0.2) is 18.2 Å². The van der Waals surface area contributed by atoms with E-state index >= 15 is 0 Å². The highest BCUT2D eigenvalue weighted by atomic mass is 19.1. The molecule has 0 radical (unpaired) electrons. The topological polar surface area (TPSA) is 49.8 Å². The van der Waals surface area contributed by atoms with Crippen LogP contribution in [0.5, 0.6) is 5.75 Å². The number of carbonyl (C=O) groups is 1. The second kappa shape index (κ2) is 6.96. The Morgan fingerprint density at radius 3 is 2.61 bits per heavy atom. The van der Waals surface area contributed by atoms with Gasteiger partial charge in [-0.1, -0.05) is 12.1 Å². The first kappa shape index (κ1) is 14.4. The highest BCUT2D eigenvalue weighted by molar-refractivity contribution is 5.77. The van der Waals surface area contributed by atoms with Crippen LogP contribution in [0.25, 0.3) is 0 Å². The molecule has 1 aromatic carbocycles. The van der Waals surface area contributed by atoms with Gasteiger partial charge in [0.2, 0.25) is 0 Å². The maximum atomic E-state index is 13.5. The van der Waals surface area contributed by atoms with Crippen LogP contribution in [-0.2, 0) is 11.4 Å². The summed E-state index contributed by atoms with van der Waals surface area (Å²) in [5, 5.41) is 9.07. The van der Waals surface area contributed by atoms with Crippen LogP contribution in [0.1, 0.15) is 19.4 Å². The fourth-order valence-corrected chi connectivity index (χ4v) is 1.64. The van der Waals surface area contributed by atoms with Gasteiger partial charge in [0.05, 0.1) is 6.61 Å². The molecule has 0 spiro atoms. The number of hydrogen-bond acceptors (Lipinski definition) is 3. The largest absolute Gasteiger partial charge is 0.480 e. The number of amides is 1. The lowest BCUT2D eigenvalue weighted by atomic mass is 10.2. The van der Waals surface area contributed by atoms with Gasteiger partial charge in [-0.05, 0) is 19.9 Å². The molecule has 0 aliphatic heterocycles. The fraction of sp³-hybridized carbons (Fsp3) is 0.462. The van der Waals surface area contributed by atoms with Crippen LogP contribution >= 0.6 is 0 Å². The van der Waals surface area contributed by atoms with Crippen molar-refractivity contribution < 1.29 is 19.0 Å². The van der Waals surface area contributed by atoms with Gasteiger partial charge in [-0.25, -0.2) is 4.39 Å². The number of benzene rings is 1. The Labute approximate surface area is 106 Å². The number of carbonyl (C=O) groups excluding carboxylic acids is 1. The van der Waals surface area contributed by atoms with Crippen LogP contribution in [0.4, 0.5) is 4.39 Å². The summed E-state index contributed by atoms with van der Waals surface area (Å²) in [5.41, 5.74) is 0.336. The van der Waals surface area contributed by atoms with Crippen molar-refractivity contribution in [3.63, 3.8) is 0 Å². The molecule has 0 unspecified atom stereocenters. The summed E-state index contributed by atoms with van der Waals surface area (Å²) in [6.07, 6.45) is 0. The summed E-state index contributed by atoms with van der Waals surface area (Å²) in [5.74, 6) is -0.832. The Kier molecular flexibility index (Phi) is 5.58. The summed E-state index contributed by atoms with van der Waals surface area (Å²) in [6, 6.07) is 4.27. The van der Waals surface area contributed by atoms with E-state index in [0.29, 0.717) is 18.7 Å². The zero-order chi connectivity index (χ0) is 13.5. The van der Waals surface area contributed by atoms with Crippen LogP contribution in [0.2, 0.25) is 0 Å². The van der Waals surface area contributed by atoms with Gasteiger partial charge in [0.1, 0.15) is 0 Å². The van der Waals surface area contributed by atoms with Gasteiger partial charge in [-0.3, -0.25) is 4.79 Å². The number of likely N-dealkylation sites (N-methyl/N-ethyl adjacent to an activating group) is 1. The average molecular weight is 255 g/mol. The Morgan fingerprint density at radius 1 is 1.39 bits per heavy atom. The summed E-state index contributed by atoms with van der Waals surface area (Å²) in [6.45, 7) is 4.35. The second-order valence-electron chi connectivity index (χ2n) is 3.74. The van der Waals surface area contributed by atoms with E-state index in [9.17, 15) is 9.18 Å². The minimum Gasteiger partial charge on any atom is -0.480 e. The zero-order valence-electron chi connectivity index (χ0n) is 10.6. The number of para-hydroxylation sites is 1. The Hall–Kier alpha value is -1.62. The lowest BCUT2D eigenvalue weighted by Gasteiger charge is -2.19. The normalized spacial score (nSPS) is 10.2. The first-order chi connectivity index (χ1) is 8.63. The molecule has 1 amide bonds. The molecule has 0 saturated heterocycles. The van der Waals surface area contributed by atoms with E-state index in [0.717, 1.165) is 0 Å². The van der Waals surface area contributed by atoms with E-state index in [4.69, 9.17) is 9.84 Å². The molecule has 5 heteroatoms. The highest BCUT2D eigenvalue weighted by Crippen LogP contribution is 2.22. The zero-order valence-corrected chi connectivity index (χ0v) is 10.6. The minimum absolute atomic E-state index is 0.0551. The van der Waals surface area contributed by atoms with Crippen LogP contribution in [0, 0.1) is 5.82 Å². The van der Waals surface area contributed by atoms with Crippen molar-refractivity contribution >= 4 is 5.91 Å². The first-order valence-electron chi connectivity index (χ1n) is 5.92. The maximum Gasteiger partial charge on any atom is 0.260 e. The van der Waals surface area contributed by atoms with E-state index in [-0.39, 0.29) is 24.9 Å². The molecule has 0 fully saturated rings. The average Bonchev–Trinajstić information content (AvgIpc) is 2.38. The minimum atomic E-state index is -0.575. The van der Waals surface area contributed by atoms with Crippen molar-refractivity contribution in [2.24, 2.45) is 0 Å². The van der Waals surface area contributed by atoms with Crippen molar-refractivity contribution in [2.75, 3.05) is 19.7 Å². The fourth-order valence-electron chi connectivity index (χ4n) is 1.64. The van der Waals surface area contributed by atoms with Crippen molar-refractivity contribution in [1.82, 2.24) is 4.90 Å². The number of nitrogens with zero attached hydrogens (tertiary/aromatic N) is 1. The number of ether oxygens (including phenoxy) is 1. The molecule has 1 aromatic rings. The number of aliphatic hydroxyl groups excluding tert-OH is 1. The third-order valence-corrected chi connectivity index (χ3v) is 2.68. The van der Waals surface area contributed by atoms with Gasteiger partial charge in [-0.2, -0.15) is 0 Å². The van der Waals surface area contributed by atoms with Gasteiger partial charge < -0.3 is 14.7 Å². The summed E-state index contributed by atoms with van der Waals surface area (Å²) >= 11 is 0. The second-order valence-corrected chi connectivity index (χ2v) is 3.74. The van der Waals surface area contributed by atoms with Crippen molar-refractivity contribution in [2.45, 2.75) is 20.5 Å². The van der Waals surface area contributed by atoms with Gasteiger partial charge in [0.25, 0.3) is 5.91 Å². The van der Waals surface area contributed by atoms with E-state index in [1.54, 1.807) is 11.0 Å². The Morgan fingerprint density at radius 2 is 2.06 bits per heavy atom. The van der Waals surface area contributed by atoms with E-state index in [2.05, 4.69) is 0 Å². The molecule has 1 N–H and O–H groups in total. The third kappa shape index (κ3) is 3.43. The molecular formula is C13H18FNO3. The molecule has 1 rings (SSSR count). The predicted molar refractivity (Wildman–Crippen MR) is 65.7 cm³/mol. The monoisotopic (exact) mass is 255 g/mol. The molecule has 4 nitrogen and oxygen atoms in total. The third-order valence-electron chi connectivity index (χ3n) is 2.68. The Bertz CT molecular complexity index is 405. The number of rotatable bonds is 6. The predicted octanol–water partition coefficient (Wildman–Crippen LogP) is 1.57. The highest BCUT2D eigenvalue weighted by Gasteiger charge is 2.14. The molecular weight excluding hydrogens is 237 g/mol. The lowest BCUT2D eigenvalue weighted by molar-refractivity contribution is -0.133. The first-order valence-corrected chi connectivity index (χ1v) is 5.92. The molecule has 0 aliphatic rings. The standard InChI is InChI=1S/C13H18FNO3/c1-3-15(4-2)12(17)9-18-13-10(8-16)6-5-7-11(13)14/h5-7,16H,3-4,8-9H2,1-2H3. The van der Waals surface area contributed by atoms with Crippen molar-refractivity contribution in [3.05, 3.63) is 29.6 Å². The van der Waals surface area contributed by atoms with Gasteiger partial charge in [-0.15, -0.1) is 0 Å². The quantitative estimate of drug-likeness (QED) is 0.839. The van der Waals surface area contributed by atoms with Crippen LogP contribution in [0.15, 0.2) is 18.2 Å². The molecule has 18 heavy (non-hydrogen) atoms. The molecule has 100 valence electrons. The maximum absolute atomic E-state index is 13.5. The summed E-state index contributed by atoms with van der Waals surface area (Å²) in [4.78, 5) is 13.3. The molecule has 0 saturated carbocycles. The number of aliphatic hydroxyl groups is 1. The van der Waals surface area contributed by atoms with Crippen molar-refractivity contribution in [3.8, 4) is 5.75 Å². The number of halogens is 1. The van der Waals surface area contributed by atoms with Crippen LogP contribution in [-0.4, -0.2) is 35.6 Å². The number of hydrogen-bond donors (Lipinski definition) is 1. The smallest absolute Gasteiger partial charge is 0.260 e. The van der Waals surface area contributed by atoms with E-state index in [1.165, 1.54) is 12.1 Å². The molecule has 0 bridgehead atoms. The van der Waals surface area contributed by atoms with E-state index < -0.39 is 5.82 Å². The van der Waals surface area contributed by atoms with Crippen molar-refractivity contribution in [1.29, 1.82) is 0 Å². The van der Waals surface area contributed by atoms with Crippen LogP contribution < -0.4 is 4.74 Å². The molecule has 0 aromatic heterocycles. The summed E-state index contributed by atoms with van der Waals surface area (Å²) < 4.78 is 18.7. The van der Waals surface area contributed by atoms with E-state index in [1.807, 2.05) is 13.8 Å². The Balaban J connectivity index is 2.71. The van der Waals surface area contributed by atoms with Gasteiger partial charge >= 0.3 is 0 Å². The van der Waals surface area contributed by atoms with Crippen LogP contribution in [0.3, 0.4) is 0 Å². The summed E-state index contributed by atoms with van der Waals surface area (Å²) in [7, 11) is 0. The molecule has 0 heterocycles. The SMILES string of the molecule is CCN(CC)C(=O)COc1c(F)cccc1CO. The lowest BCUT2D eigenvalue weighted by Crippen LogP contribution is -2.34. The molecule has 0 aliphatic carbocycles. The van der Waals surface area contributed by atoms with Gasteiger partial charge in [0, 0.05) is 18.7 Å². The molecule has 0 atom stereocenters.